The van der Waals surface area contributed by atoms with E-state index in [1.54, 1.807) is 6.20 Å². The highest BCUT2D eigenvalue weighted by atomic mass is 32.2. The van der Waals surface area contributed by atoms with Gasteiger partial charge in [-0.05, 0) is 56.5 Å². The number of rotatable bonds is 4. The van der Waals surface area contributed by atoms with Crippen LogP contribution < -0.4 is 16.2 Å². The fraction of sp³-hybridized carbons (Fsp3) is 0.615. The fourth-order valence-electron chi connectivity index (χ4n) is 2.42. The van der Waals surface area contributed by atoms with Crippen LogP contribution in [0.2, 0.25) is 0 Å². The quantitative estimate of drug-likeness (QED) is 0.631. The fourth-order valence-corrected chi connectivity index (χ4v) is 2.73. The molecular weight excluding hydrogens is 260 g/mol. The van der Waals surface area contributed by atoms with Gasteiger partial charge < -0.3 is 16.2 Å². The normalized spacial score (nSPS) is 27.2. The molecule has 1 fully saturated rings. The first-order valence-corrected chi connectivity index (χ1v) is 7.46. The number of anilines is 2. The van der Waals surface area contributed by atoms with Gasteiger partial charge in [0.25, 0.3) is 0 Å². The SMILES string of the molecule is CC1(O)CCC(CNc2ncc(SN)cc2N)CC1. The van der Waals surface area contributed by atoms with E-state index in [2.05, 4.69) is 10.3 Å². The number of hydrogen-bond donors (Lipinski definition) is 4. The summed E-state index contributed by atoms with van der Waals surface area (Å²) < 4.78 is 0. The van der Waals surface area contributed by atoms with Crippen molar-refractivity contribution in [2.75, 3.05) is 17.6 Å². The number of nitrogens with two attached hydrogens (primary N) is 2. The Bertz CT molecular complexity index is 429. The maximum absolute atomic E-state index is 9.91. The molecule has 6 heteroatoms. The molecule has 1 aliphatic rings. The Balaban J connectivity index is 1.86. The molecule has 19 heavy (non-hydrogen) atoms. The molecule has 0 aliphatic heterocycles. The molecule has 1 saturated carbocycles. The zero-order chi connectivity index (χ0) is 13.9. The predicted molar refractivity (Wildman–Crippen MR) is 79.8 cm³/mol. The van der Waals surface area contributed by atoms with Crippen molar-refractivity contribution < 1.29 is 5.11 Å². The minimum atomic E-state index is -0.478. The zero-order valence-corrected chi connectivity index (χ0v) is 12.0. The van der Waals surface area contributed by atoms with E-state index in [-0.39, 0.29) is 0 Å². The Morgan fingerprint density at radius 1 is 1.53 bits per heavy atom. The van der Waals surface area contributed by atoms with Gasteiger partial charge in [0.2, 0.25) is 0 Å². The summed E-state index contributed by atoms with van der Waals surface area (Å²) in [5.41, 5.74) is 6.07. The second-order valence-corrected chi connectivity index (χ2v) is 6.26. The summed E-state index contributed by atoms with van der Waals surface area (Å²) >= 11 is 1.14. The molecule has 5 nitrogen and oxygen atoms in total. The standard InChI is InChI=1S/C13H22N4OS/c1-13(18)4-2-9(3-5-13)7-16-12-11(14)6-10(19-15)8-17-12/h6,8-9,18H,2-5,7,14-15H2,1H3,(H,16,17). The van der Waals surface area contributed by atoms with Crippen LogP contribution in [0.3, 0.4) is 0 Å². The summed E-state index contributed by atoms with van der Waals surface area (Å²) in [6.45, 7) is 2.77. The summed E-state index contributed by atoms with van der Waals surface area (Å²) in [6.07, 6.45) is 5.53. The van der Waals surface area contributed by atoms with Crippen molar-refractivity contribution in [1.82, 2.24) is 4.98 Å². The predicted octanol–water partition coefficient (Wildman–Crippen LogP) is 1.98. The molecule has 0 atom stereocenters. The van der Waals surface area contributed by atoms with E-state index in [9.17, 15) is 5.11 Å². The van der Waals surface area contributed by atoms with Gasteiger partial charge in [0.15, 0.2) is 0 Å². The summed E-state index contributed by atoms with van der Waals surface area (Å²) in [6, 6.07) is 1.83. The molecule has 1 aromatic heterocycles. The van der Waals surface area contributed by atoms with Gasteiger partial charge in [-0.25, -0.2) is 4.98 Å². The summed E-state index contributed by atoms with van der Waals surface area (Å²) in [4.78, 5) is 5.13. The molecule has 6 N–H and O–H groups in total. The third-order valence-corrected chi connectivity index (χ3v) is 4.26. The molecule has 0 aromatic carbocycles. The van der Waals surface area contributed by atoms with Crippen molar-refractivity contribution in [1.29, 1.82) is 0 Å². The highest BCUT2D eigenvalue weighted by Crippen LogP contribution is 2.32. The van der Waals surface area contributed by atoms with Crippen molar-refractivity contribution in [3.8, 4) is 0 Å². The molecule has 0 spiro atoms. The lowest BCUT2D eigenvalue weighted by atomic mass is 9.80. The van der Waals surface area contributed by atoms with Crippen LogP contribution in [0.25, 0.3) is 0 Å². The number of nitrogens with zero attached hydrogens (tertiary/aromatic N) is 1. The number of nitrogen functional groups attached to an aromatic ring is 1. The Labute approximate surface area is 118 Å². The van der Waals surface area contributed by atoms with E-state index in [0.29, 0.717) is 11.6 Å². The van der Waals surface area contributed by atoms with E-state index >= 15 is 0 Å². The van der Waals surface area contributed by atoms with Crippen molar-refractivity contribution in [3.05, 3.63) is 12.3 Å². The van der Waals surface area contributed by atoms with Crippen molar-refractivity contribution in [3.63, 3.8) is 0 Å². The maximum Gasteiger partial charge on any atom is 0.149 e. The molecule has 1 heterocycles. The molecule has 0 unspecified atom stereocenters. The first kappa shape index (κ1) is 14.4. The number of aromatic nitrogens is 1. The smallest absolute Gasteiger partial charge is 0.149 e. The van der Waals surface area contributed by atoms with Gasteiger partial charge in [-0.2, -0.15) is 0 Å². The van der Waals surface area contributed by atoms with Crippen LogP contribution in [0.5, 0.6) is 0 Å². The van der Waals surface area contributed by atoms with Crippen molar-refractivity contribution >= 4 is 23.5 Å². The Morgan fingerprint density at radius 2 is 2.21 bits per heavy atom. The lowest BCUT2D eigenvalue weighted by Gasteiger charge is -2.33. The van der Waals surface area contributed by atoms with Gasteiger partial charge in [0, 0.05) is 17.6 Å². The highest BCUT2D eigenvalue weighted by molar-refractivity contribution is 7.97. The second-order valence-electron chi connectivity index (χ2n) is 5.55. The molecule has 0 bridgehead atoms. The van der Waals surface area contributed by atoms with Crippen LogP contribution in [0, 0.1) is 5.92 Å². The van der Waals surface area contributed by atoms with Crippen LogP contribution in [-0.2, 0) is 0 Å². The summed E-state index contributed by atoms with van der Waals surface area (Å²) in [5.74, 6) is 1.29. The first-order valence-electron chi connectivity index (χ1n) is 6.59. The van der Waals surface area contributed by atoms with Gasteiger partial charge >= 0.3 is 0 Å². The summed E-state index contributed by atoms with van der Waals surface area (Å²) in [5, 5.41) is 18.7. The minimum Gasteiger partial charge on any atom is -0.396 e. The van der Waals surface area contributed by atoms with Gasteiger partial charge in [0.05, 0.1) is 11.3 Å². The summed E-state index contributed by atoms with van der Waals surface area (Å²) in [7, 11) is 0. The van der Waals surface area contributed by atoms with E-state index in [1.807, 2.05) is 13.0 Å². The molecule has 1 aromatic rings. The molecule has 1 aliphatic carbocycles. The molecule has 0 amide bonds. The van der Waals surface area contributed by atoms with Crippen molar-refractivity contribution in [2.24, 2.45) is 11.1 Å². The largest absolute Gasteiger partial charge is 0.396 e. The van der Waals surface area contributed by atoms with E-state index in [0.717, 1.165) is 54.9 Å². The third-order valence-electron chi connectivity index (χ3n) is 3.77. The Hall–Kier alpha value is -0.980. The van der Waals surface area contributed by atoms with Gasteiger partial charge in [0.1, 0.15) is 5.82 Å². The van der Waals surface area contributed by atoms with Gasteiger partial charge in [-0.1, -0.05) is 0 Å². The zero-order valence-electron chi connectivity index (χ0n) is 11.2. The minimum absolute atomic E-state index is 0.478. The molecule has 0 saturated heterocycles. The molecular formula is C13H22N4OS. The lowest BCUT2D eigenvalue weighted by Crippen LogP contribution is -2.32. The molecule has 2 rings (SSSR count). The van der Waals surface area contributed by atoms with Gasteiger partial charge in [-0.3, -0.25) is 5.14 Å². The average Bonchev–Trinajstić information content (AvgIpc) is 2.38. The Morgan fingerprint density at radius 3 is 2.79 bits per heavy atom. The van der Waals surface area contributed by atoms with Crippen LogP contribution in [-0.4, -0.2) is 22.2 Å². The Kier molecular flexibility index (Phi) is 4.54. The lowest BCUT2D eigenvalue weighted by molar-refractivity contribution is 0.00976. The van der Waals surface area contributed by atoms with E-state index in [1.165, 1.54) is 0 Å². The molecule has 106 valence electrons. The number of pyridine rings is 1. The van der Waals surface area contributed by atoms with E-state index < -0.39 is 5.60 Å². The maximum atomic E-state index is 9.91. The first-order chi connectivity index (χ1) is 9.00. The van der Waals surface area contributed by atoms with Gasteiger partial charge in [-0.15, -0.1) is 0 Å². The average molecular weight is 282 g/mol. The van der Waals surface area contributed by atoms with Crippen molar-refractivity contribution in [2.45, 2.75) is 43.1 Å². The van der Waals surface area contributed by atoms with Crippen LogP contribution in [0.4, 0.5) is 11.5 Å². The van der Waals surface area contributed by atoms with E-state index in [4.69, 9.17) is 10.9 Å². The number of hydrogen-bond acceptors (Lipinski definition) is 6. The van der Waals surface area contributed by atoms with Crippen LogP contribution >= 0.6 is 11.9 Å². The molecule has 0 radical (unpaired) electrons. The third kappa shape index (κ3) is 3.99. The van der Waals surface area contributed by atoms with Crippen LogP contribution in [0.15, 0.2) is 17.2 Å². The number of nitrogens with one attached hydrogen (secondary N) is 1. The number of aliphatic hydroxyl groups is 1. The monoisotopic (exact) mass is 282 g/mol. The van der Waals surface area contributed by atoms with Crippen LogP contribution in [0.1, 0.15) is 32.6 Å². The topological polar surface area (TPSA) is 97.2 Å². The second kappa shape index (κ2) is 5.98. The highest BCUT2D eigenvalue weighted by Gasteiger charge is 2.28.